The highest BCUT2D eigenvalue weighted by Gasteiger charge is 2.24. The minimum absolute atomic E-state index is 0.00613. The Bertz CT molecular complexity index is 860. The monoisotopic (exact) mass is 411 g/mol. The van der Waals surface area contributed by atoms with Crippen LogP contribution in [0.4, 0.5) is 11.8 Å². The van der Waals surface area contributed by atoms with E-state index in [4.69, 9.17) is 14.5 Å². The highest BCUT2D eigenvalue weighted by Crippen LogP contribution is 2.22. The van der Waals surface area contributed by atoms with E-state index in [1.807, 2.05) is 24.0 Å². The van der Waals surface area contributed by atoms with E-state index < -0.39 is 0 Å². The first kappa shape index (κ1) is 20.3. The zero-order valence-corrected chi connectivity index (χ0v) is 17.7. The number of benzene rings is 1. The lowest BCUT2D eigenvalue weighted by Crippen LogP contribution is -2.50. The Kier molecular flexibility index (Phi) is 6.21. The summed E-state index contributed by atoms with van der Waals surface area (Å²) in [5.41, 5.74) is 0.980. The van der Waals surface area contributed by atoms with Crippen LogP contribution in [0.5, 0.6) is 11.5 Å². The van der Waals surface area contributed by atoms with Crippen LogP contribution >= 0.6 is 0 Å². The maximum absolute atomic E-state index is 12.5. The fourth-order valence-corrected chi connectivity index (χ4v) is 3.85. The molecule has 30 heavy (non-hydrogen) atoms. The van der Waals surface area contributed by atoms with Gasteiger partial charge >= 0.3 is 0 Å². The smallest absolute Gasteiger partial charge is 0.260 e. The molecule has 2 saturated heterocycles. The first-order valence-corrected chi connectivity index (χ1v) is 10.5. The average molecular weight is 412 g/mol. The lowest BCUT2D eigenvalue weighted by molar-refractivity contribution is -0.133. The van der Waals surface area contributed by atoms with Gasteiger partial charge in [0.25, 0.3) is 5.91 Å². The van der Waals surface area contributed by atoms with Crippen LogP contribution in [0, 0.1) is 6.92 Å². The predicted molar refractivity (Wildman–Crippen MR) is 115 cm³/mol. The van der Waals surface area contributed by atoms with Gasteiger partial charge in [-0.15, -0.1) is 0 Å². The van der Waals surface area contributed by atoms with E-state index in [1.165, 1.54) is 12.8 Å². The molecule has 8 nitrogen and oxygen atoms in total. The molecule has 1 aromatic carbocycles. The van der Waals surface area contributed by atoms with Gasteiger partial charge in [0.05, 0.1) is 7.11 Å². The van der Waals surface area contributed by atoms with Gasteiger partial charge in [-0.05, 0) is 44.0 Å². The molecule has 8 heteroatoms. The largest absolute Gasteiger partial charge is 0.497 e. The average Bonchev–Trinajstić information content (AvgIpc) is 3.33. The first-order chi connectivity index (χ1) is 14.6. The van der Waals surface area contributed by atoms with Crippen molar-refractivity contribution < 1.29 is 14.3 Å². The molecule has 2 aliphatic heterocycles. The van der Waals surface area contributed by atoms with Gasteiger partial charge in [0.15, 0.2) is 6.61 Å². The van der Waals surface area contributed by atoms with E-state index in [0.717, 1.165) is 49.4 Å². The predicted octanol–water partition coefficient (Wildman–Crippen LogP) is 2.12. The van der Waals surface area contributed by atoms with Gasteiger partial charge in [0.2, 0.25) is 5.95 Å². The molecule has 4 rings (SSSR count). The van der Waals surface area contributed by atoms with E-state index in [-0.39, 0.29) is 12.5 Å². The highest BCUT2D eigenvalue weighted by atomic mass is 16.5. The molecule has 0 radical (unpaired) electrons. The summed E-state index contributed by atoms with van der Waals surface area (Å²) in [5, 5.41) is 0. The van der Waals surface area contributed by atoms with E-state index in [1.54, 1.807) is 19.2 Å². The number of amides is 1. The van der Waals surface area contributed by atoms with Gasteiger partial charge in [-0.25, -0.2) is 4.98 Å². The Hall–Kier alpha value is -3.03. The van der Waals surface area contributed by atoms with Crippen molar-refractivity contribution >= 4 is 17.7 Å². The third kappa shape index (κ3) is 4.75. The maximum Gasteiger partial charge on any atom is 0.260 e. The number of carbonyl (C=O) groups is 1. The van der Waals surface area contributed by atoms with Crippen molar-refractivity contribution in [2.24, 2.45) is 0 Å². The quantitative estimate of drug-likeness (QED) is 0.721. The SMILES string of the molecule is COc1ccc(OCC(=O)N2CCN(c3nc(C)cc(N4CCCC4)n3)CC2)cc1. The number of carbonyl (C=O) groups excluding carboxylic acids is 1. The summed E-state index contributed by atoms with van der Waals surface area (Å²) in [6.07, 6.45) is 2.44. The number of rotatable bonds is 6. The van der Waals surface area contributed by atoms with Gasteiger partial charge in [-0.2, -0.15) is 4.98 Å². The topological polar surface area (TPSA) is 71.0 Å². The van der Waals surface area contributed by atoms with Crippen molar-refractivity contribution in [3.8, 4) is 11.5 Å². The molecule has 2 aliphatic rings. The van der Waals surface area contributed by atoms with E-state index in [9.17, 15) is 4.79 Å². The summed E-state index contributed by atoms with van der Waals surface area (Å²) in [4.78, 5) is 28.3. The molecule has 1 aromatic heterocycles. The molecule has 0 bridgehead atoms. The van der Waals surface area contributed by atoms with Crippen LogP contribution < -0.4 is 19.3 Å². The van der Waals surface area contributed by atoms with E-state index in [0.29, 0.717) is 18.8 Å². The van der Waals surface area contributed by atoms with Crippen molar-refractivity contribution in [1.82, 2.24) is 14.9 Å². The number of hydrogen-bond acceptors (Lipinski definition) is 7. The number of ether oxygens (including phenoxy) is 2. The Balaban J connectivity index is 1.30. The van der Waals surface area contributed by atoms with Crippen molar-refractivity contribution in [2.45, 2.75) is 19.8 Å². The number of aryl methyl sites for hydroxylation is 1. The fraction of sp³-hybridized carbons (Fsp3) is 0.500. The Morgan fingerprint density at radius 1 is 0.933 bits per heavy atom. The van der Waals surface area contributed by atoms with E-state index in [2.05, 4.69) is 20.9 Å². The number of aromatic nitrogens is 2. The fourth-order valence-electron chi connectivity index (χ4n) is 3.85. The molecule has 0 unspecified atom stereocenters. The van der Waals surface area contributed by atoms with Gasteiger partial charge in [0, 0.05) is 51.0 Å². The van der Waals surface area contributed by atoms with Crippen LogP contribution in [0.25, 0.3) is 0 Å². The molecule has 0 atom stereocenters. The molecule has 160 valence electrons. The molecule has 0 spiro atoms. The molecule has 0 saturated carbocycles. The van der Waals surface area contributed by atoms with Crippen molar-refractivity contribution in [3.05, 3.63) is 36.0 Å². The summed E-state index contributed by atoms with van der Waals surface area (Å²) in [5.74, 6) is 3.19. The second-order valence-electron chi connectivity index (χ2n) is 7.69. The van der Waals surface area contributed by atoms with Crippen LogP contribution in [0.2, 0.25) is 0 Å². The summed E-state index contributed by atoms with van der Waals surface area (Å²) in [6.45, 7) is 6.89. The number of nitrogens with zero attached hydrogens (tertiary/aromatic N) is 5. The third-order valence-electron chi connectivity index (χ3n) is 5.60. The maximum atomic E-state index is 12.5. The lowest BCUT2D eigenvalue weighted by Gasteiger charge is -2.35. The summed E-state index contributed by atoms with van der Waals surface area (Å²) in [6, 6.07) is 9.30. The Morgan fingerprint density at radius 2 is 1.60 bits per heavy atom. The van der Waals surface area contributed by atoms with Gasteiger partial charge in [0.1, 0.15) is 17.3 Å². The molecular weight excluding hydrogens is 382 g/mol. The minimum Gasteiger partial charge on any atom is -0.497 e. The summed E-state index contributed by atoms with van der Waals surface area (Å²) >= 11 is 0. The summed E-state index contributed by atoms with van der Waals surface area (Å²) in [7, 11) is 1.62. The molecule has 1 amide bonds. The molecule has 0 aliphatic carbocycles. The van der Waals surface area contributed by atoms with Gasteiger partial charge in [-0.3, -0.25) is 4.79 Å². The van der Waals surface area contributed by atoms with Crippen molar-refractivity contribution in [1.29, 1.82) is 0 Å². The Morgan fingerprint density at radius 3 is 2.27 bits per heavy atom. The standard InChI is InChI=1S/C22H29N5O3/c1-17-15-20(25-9-3-4-10-25)24-22(23-17)27-13-11-26(12-14-27)21(28)16-30-19-7-5-18(29-2)6-8-19/h5-8,15H,3-4,9-14,16H2,1-2H3. The molecule has 2 fully saturated rings. The molecular formula is C22H29N5O3. The minimum atomic E-state index is -0.00613. The number of hydrogen-bond donors (Lipinski definition) is 0. The lowest BCUT2D eigenvalue weighted by atomic mass is 10.3. The molecule has 3 heterocycles. The first-order valence-electron chi connectivity index (χ1n) is 10.5. The second-order valence-corrected chi connectivity index (χ2v) is 7.69. The normalized spacial score (nSPS) is 16.7. The van der Waals surface area contributed by atoms with Crippen LogP contribution in [-0.2, 0) is 4.79 Å². The van der Waals surface area contributed by atoms with Gasteiger partial charge in [-0.1, -0.05) is 0 Å². The zero-order chi connectivity index (χ0) is 20.9. The zero-order valence-electron chi connectivity index (χ0n) is 17.7. The highest BCUT2D eigenvalue weighted by molar-refractivity contribution is 5.78. The van der Waals surface area contributed by atoms with Crippen molar-refractivity contribution in [3.63, 3.8) is 0 Å². The molecule has 0 N–H and O–H groups in total. The van der Waals surface area contributed by atoms with Gasteiger partial charge < -0.3 is 24.2 Å². The van der Waals surface area contributed by atoms with Crippen LogP contribution in [0.15, 0.2) is 30.3 Å². The van der Waals surface area contributed by atoms with Crippen LogP contribution in [-0.4, -0.2) is 73.8 Å². The van der Waals surface area contributed by atoms with Crippen LogP contribution in [0.1, 0.15) is 18.5 Å². The number of piperazine rings is 1. The third-order valence-corrected chi connectivity index (χ3v) is 5.60. The Labute approximate surface area is 177 Å². The van der Waals surface area contributed by atoms with E-state index >= 15 is 0 Å². The number of anilines is 2. The summed E-state index contributed by atoms with van der Waals surface area (Å²) < 4.78 is 10.8. The second kappa shape index (κ2) is 9.19. The van der Waals surface area contributed by atoms with Crippen molar-refractivity contribution in [2.75, 3.05) is 62.8 Å². The molecule has 2 aromatic rings. The van der Waals surface area contributed by atoms with Crippen LogP contribution in [0.3, 0.4) is 0 Å². The number of methoxy groups -OCH3 is 1.